The lowest BCUT2D eigenvalue weighted by Crippen LogP contribution is -2.37. The van der Waals surface area contributed by atoms with Crippen LogP contribution in [-0.2, 0) is 16.6 Å². The van der Waals surface area contributed by atoms with Gasteiger partial charge in [0, 0.05) is 30.0 Å². The quantitative estimate of drug-likeness (QED) is 0.675. The number of carbonyl (C=O) groups is 1. The third-order valence-electron chi connectivity index (χ3n) is 5.10. The molecule has 2 aliphatic rings. The lowest BCUT2D eigenvalue weighted by atomic mass is 9.94. The molecule has 28 heavy (non-hydrogen) atoms. The Labute approximate surface area is 172 Å². The van der Waals surface area contributed by atoms with Gasteiger partial charge in [-0.05, 0) is 42.5 Å². The van der Waals surface area contributed by atoms with Crippen LogP contribution in [0.5, 0.6) is 0 Å². The first-order chi connectivity index (χ1) is 13.4. The Morgan fingerprint density at radius 2 is 2.14 bits per heavy atom. The SMILES string of the molecule is CC(C)CNC(=O)C1(c2ccc(Nc3nc(Cl)nc4c3SCC4)cc2F)CC1. The van der Waals surface area contributed by atoms with Crippen molar-refractivity contribution in [1.82, 2.24) is 15.3 Å². The third-order valence-corrected chi connectivity index (χ3v) is 6.39. The van der Waals surface area contributed by atoms with Crippen LogP contribution in [0.2, 0.25) is 5.28 Å². The van der Waals surface area contributed by atoms with E-state index in [4.69, 9.17) is 11.6 Å². The maximum Gasteiger partial charge on any atom is 0.230 e. The maximum atomic E-state index is 14.9. The molecule has 1 amide bonds. The van der Waals surface area contributed by atoms with Crippen LogP contribution in [0.4, 0.5) is 15.9 Å². The molecule has 1 aliphatic carbocycles. The van der Waals surface area contributed by atoms with Gasteiger partial charge in [0.05, 0.1) is 16.0 Å². The number of halogens is 2. The largest absolute Gasteiger partial charge is 0.355 e. The van der Waals surface area contributed by atoms with Gasteiger partial charge in [0.2, 0.25) is 11.2 Å². The smallest absolute Gasteiger partial charge is 0.230 e. The first-order valence-corrected chi connectivity index (χ1v) is 10.8. The van der Waals surface area contributed by atoms with E-state index < -0.39 is 5.41 Å². The summed E-state index contributed by atoms with van der Waals surface area (Å²) in [7, 11) is 0. The predicted molar refractivity (Wildman–Crippen MR) is 110 cm³/mol. The summed E-state index contributed by atoms with van der Waals surface area (Å²) in [6, 6.07) is 4.92. The highest BCUT2D eigenvalue weighted by molar-refractivity contribution is 7.99. The van der Waals surface area contributed by atoms with Gasteiger partial charge in [0.1, 0.15) is 11.6 Å². The highest BCUT2D eigenvalue weighted by atomic mass is 35.5. The van der Waals surface area contributed by atoms with Crippen molar-refractivity contribution in [3.63, 3.8) is 0 Å². The Hall–Kier alpha value is -1.86. The number of hydrogen-bond donors (Lipinski definition) is 2. The normalized spacial score (nSPS) is 16.8. The van der Waals surface area contributed by atoms with E-state index in [0.717, 1.165) is 22.8 Å². The molecule has 1 saturated carbocycles. The molecule has 5 nitrogen and oxygen atoms in total. The minimum atomic E-state index is -0.729. The van der Waals surface area contributed by atoms with Crippen LogP contribution >= 0.6 is 23.4 Å². The van der Waals surface area contributed by atoms with E-state index in [2.05, 4.69) is 20.6 Å². The van der Waals surface area contributed by atoms with Crippen LogP contribution in [0.15, 0.2) is 23.1 Å². The second-order valence-electron chi connectivity index (χ2n) is 7.72. The summed E-state index contributed by atoms with van der Waals surface area (Å²) in [6.07, 6.45) is 2.19. The van der Waals surface area contributed by atoms with Gasteiger partial charge >= 0.3 is 0 Å². The van der Waals surface area contributed by atoms with Gasteiger partial charge < -0.3 is 10.6 Å². The summed E-state index contributed by atoms with van der Waals surface area (Å²) < 4.78 is 14.9. The first kappa shape index (κ1) is 19.5. The van der Waals surface area contributed by atoms with Crippen molar-refractivity contribution >= 4 is 40.8 Å². The molecule has 2 N–H and O–H groups in total. The predicted octanol–water partition coefficient (Wildman–Crippen LogP) is 4.46. The van der Waals surface area contributed by atoms with E-state index >= 15 is 0 Å². The molecule has 0 spiro atoms. The van der Waals surface area contributed by atoms with E-state index in [1.165, 1.54) is 6.07 Å². The summed E-state index contributed by atoms with van der Waals surface area (Å²) in [4.78, 5) is 22.1. The number of rotatable bonds is 6. The summed E-state index contributed by atoms with van der Waals surface area (Å²) in [5.74, 6) is 1.42. The maximum absolute atomic E-state index is 14.9. The van der Waals surface area contributed by atoms with Crippen LogP contribution in [0, 0.1) is 11.7 Å². The molecule has 4 rings (SSSR count). The summed E-state index contributed by atoms with van der Waals surface area (Å²) in [5, 5.41) is 6.28. The summed E-state index contributed by atoms with van der Waals surface area (Å²) in [5.41, 5.74) is 1.22. The van der Waals surface area contributed by atoms with Gasteiger partial charge in [-0.1, -0.05) is 19.9 Å². The Balaban J connectivity index is 1.56. The molecule has 1 aromatic carbocycles. The van der Waals surface area contributed by atoms with Crippen molar-refractivity contribution in [1.29, 1.82) is 0 Å². The van der Waals surface area contributed by atoms with Crippen molar-refractivity contribution in [2.75, 3.05) is 17.6 Å². The van der Waals surface area contributed by atoms with Gasteiger partial charge in [-0.25, -0.2) is 9.37 Å². The zero-order valence-electron chi connectivity index (χ0n) is 15.8. The number of carbonyl (C=O) groups excluding carboxylic acids is 1. The number of nitrogens with one attached hydrogen (secondary N) is 2. The summed E-state index contributed by atoms with van der Waals surface area (Å²) in [6.45, 7) is 4.67. The Bertz CT molecular complexity index is 933. The number of benzene rings is 1. The Morgan fingerprint density at radius 1 is 1.36 bits per heavy atom. The third kappa shape index (κ3) is 3.70. The van der Waals surface area contributed by atoms with Gasteiger partial charge in [-0.15, -0.1) is 11.8 Å². The van der Waals surface area contributed by atoms with Crippen LogP contribution in [0.25, 0.3) is 0 Å². The number of nitrogens with zero attached hydrogens (tertiary/aromatic N) is 2. The van der Waals surface area contributed by atoms with Crippen LogP contribution in [-0.4, -0.2) is 28.2 Å². The molecule has 8 heteroatoms. The number of aromatic nitrogens is 2. The van der Waals surface area contributed by atoms with E-state index in [1.807, 2.05) is 13.8 Å². The fourth-order valence-corrected chi connectivity index (χ4v) is 4.68. The first-order valence-electron chi connectivity index (χ1n) is 9.43. The Morgan fingerprint density at radius 3 is 2.82 bits per heavy atom. The average molecular weight is 421 g/mol. The number of thioether (sulfide) groups is 1. The van der Waals surface area contributed by atoms with Crippen LogP contribution < -0.4 is 10.6 Å². The molecule has 1 aliphatic heterocycles. The minimum absolute atomic E-state index is 0.0855. The van der Waals surface area contributed by atoms with Crippen molar-refractivity contribution in [3.05, 3.63) is 40.6 Å². The van der Waals surface area contributed by atoms with Crippen molar-refractivity contribution in [3.8, 4) is 0 Å². The number of hydrogen-bond acceptors (Lipinski definition) is 5. The second kappa shape index (κ2) is 7.52. The van der Waals surface area contributed by atoms with Crippen molar-refractivity contribution < 1.29 is 9.18 Å². The molecule has 148 valence electrons. The fourth-order valence-electron chi connectivity index (χ4n) is 3.45. The minimum Gasteiger partial charge on any atom is -0.355 e. The standard InChI is InChI=1S/C20H22ClFN4OS/c1-11(2)10-23-18(27)20(6-7-20)13-4-3-12(9-14(13)22)24-17-16-15(5-8-28-16)25-19(21)26-17/h3-4,9,11H,5-8,10H2,1-2H3,(H,23,27)(H,24,25,26). The number of fused-ring (bicyclic) bond motifs is 1. The molecule has 0 radical (unpaired) electrons. The van der Waals surface area contributed by atoms with Gasteiger partial charge in [0.15, 0.2) is 0 Å². The molecular weight excluding hydrogens is 399 g/mol. The number of anilines is 2. The highest BCUT2D eigenvalue weighted by Crippen LogP contribution is 2.49. The Kier molecular flexibility index (Phi) is 5.22. The molecule has 2 aromatic rings. The highest BCUT2D eigenvalue weighted by Gasteiger charge is 2.52. The molecule has 2 heterocycles. The van der Waals surface area contributed by atoms with Gasteiger partial charge in [0.25, 0.3) is 0 Å². The van der Waals surface area contributed by atoms with Gasteiger partial charge in [-0.2, -0.15) is 4.98 Å². The van der Waals surface area contributed by atoms with Gasteiger partial charge in [-0.3, -0.25) is 4.79 Å². The van der Waals surface area contributed by atoms with E-state index in [9.17, 15) is 9.18 Å². The molecule has 0 atom stereocenters. The molecule has 1 fully saturated rings. The molecular formula is C20H22ClFN4OS. The van der Waals surface area contributed by atoms with E-state index in [0.29, 0.717) is 42.4 Å². The van der Waals surface area contributed by atoms with E-state index in [-0.39, 0.29) is 17.0 Å². The average Bonchev–Trinajstić information content (AvgIpc) is 3.30. The van der Waals surface area contributed by atoms with E-state index in [1.54, 1.807) is 23.9 Å². The van der Waals surface area contributed by atoms with Crippen LogP contribution in [0.3, 0.4) is 0 Å². The van der Waals surface area contributed by atoms with Crippen LogP contribution in [0.1, 0.15) is 37.9 Å². The molecule has 0 bridgehead atoms. The second-order valence-corrected chi connectivity index (χ2v) is 9.16. The monoisotopic (exact) mass is 420 g/mol. The zero-order chi connectivity index (χ0) is 19.9. The molecule has 0 unspecified atom stereocenters. The molecule has 1 aromatic heterocycles. The van der Waals surface area contributed by atoms with Crippen molar-refractivity contribution in [2.24, 2.45) is 5.92 Å². The number of amides is 1. The lowest BCUT2D eigenvalue weighted by Gasteiger charge is -2.18. The fraction of sp³-hybridized carbons (Fsp3) is 0.450. The number of aryl methyl sites for hydroxylation is 1. The molecule has 0 saturated heterocycles. The topological polar surface area (TPSA) is 66.9 Å². The summed E-state index contributed by atoms with van der Waals surface area (Å²) >= 11 is 7.68. The lowest BCUT2D eigenvalue weighted by molar-refractivity contribution is -0.123. The zero-order valence-corrected chi connectivity index (χ0v) is 17.4. The van der Waals surface area contributed by atoms with Crippen molar-refractivity contribution in [2.45, 2.75) is 43.4 Å².